The summed E-state index contributed by atoms with van der Waals surface area (Å²) in [7, 11) is 0. The minimum Gasteiger partial charge on any atom is -0.259 e. The molecule has 0 N–H and O–H groups in total. The Kier molecular flexibility index (Phi) is 2.80. The van der Waals surface area contributed by atoms with Crippen LogP contribution in [-0.2, 0) is 0 Å². The molecule has 0 saturated heterocycles. The minimum atomic E-state index is -0.453. The van der Waals surface area contributed by atoms with Gasteiger partial charge in [0.05, 0.1) is 4.92 Å². The third kappa shape index (κ3) is 2.40. The number of hydrogen-bond donors (Lipinski definition) is 0. The van der Waals surface area contributed by atoms with Crippen molar-refractivity contribution in [2.75, 3.05) is 0 Å². The van der Waals surface area contributed by atoms with Crippen LogP contribution in [0.1, 0.15) is 16.7 Å². The Labute approximate surface area is 76.9 Å². The highest BCUT2D eigenvalue weighted by molar-refractivity contribution is 5.56. The van der Waals surface area contributed by atoms with Gasteiger partial charge < -0.3 is 0 Å². The summed E-state index contributed by atoms with van der Waals surface area (Å²) in [4.78, 5) is 9.66. The van der Waals surface area contributed by atoms with Gasteiger partial charge >= 0.3 is 0 Å². The first-order chi connectivity index (χ1) is 6.11. The normalized spacial score (nSPS) is 10.6. The standard InChI is InChI=1S/C10H11NO2/c1-8-4-3-5-9(2)10(8)6-7-11(12)13/h3-7H,1-2H3/b7-6+. The molecule has 0 fully saturated rings. The fourth-order valence-electron chi connectivity index (χ4n) is 1.23. The molecule has 68 valence electrons. The van der Waals surface area contributed by atoms with Gasteiger partial charge in [0.1, 0.15) is 0 Å². The Hall–Kier alpha value is -1.64. The second kappa shape index (κ2) is 3.85. The smallest absolute Gasteiger partial charge is 0.235 e. The molecule has 3 nitrogen and oxygen atoms in total. The maximum Gasteiger partial charge on any atom is 0.235 e. The van der Waals surface area contributed by atoms with Gasteiger partial charge in [0.25, 0.3) is 0 Å². The van der Waals surface area contributed by atoms with E-state index in [2.05, 4.69) is 0 Å². The van der Waals surface area contributed by atoms with Gasteiger partial charge in [-0.25, -0.2) is 0 Å². The van der Waals surface area contributed by atoms with Crippen molar-refractivity contribution in [1.29, 1.82) is 0 Å². The van der Waals surface area contributed by atoms with Gasteiger partial charge in [-0.1, -0.05) is 18.2 Å². The molecule has 0 atom stereocenters. The first-order valence-electron chi connectivity index (χ1n) is 3.99. The summed E-state index contributed by atoms with van der Waals surface area (Å²) >= 11 is 0. The van der Waals surface area contributed by atoms with E-state index in [-0.39, 0.29) is 0 Å². The minimum absolute atomic E-state index is 0.453. The summed E-state index contributed by atoms with van der Waals surface area (Å²) in [6.07, 6.45) is 2.50. The second-order valence-corrected chi connectivity index (χ2v) is 2.91. The van der Waals surface area contributed by atoms with Crippen molar-refractivity contribution in [3.63, 3.8) is 0 Å². The zero-order chi connectivity index (χ0) is 9.84. The molecule has 0 aliphatic rings. The van der Waals surface area contributed by atoms with Crippen LogP contribution in [0.15, 0.2) is 24.4 Å². The number of aryl methyl sites for hydroxylation is 2. The van der Waals surface area contributed by atoms with Gasteiger partial charge in [-0.3, -0.25) is 10.1 Å². The molecule has 1 aromatic rings. The molecule has 3 heteroatoms. The lowest BCUT2D eigenvalue weighted by Crippen LogP contribution is -1.87. The van der Waals surface area contributed by atoms with Crippen LogP contribution in [0.5, 0.6) is 0 Å². The van der Waals surface area contributed by atoms with E-state index >= 15 is 0 Å². The van der Waals surface area contributed by atoms with Crippen LogP contribution in [-0.4, -0.2) is 4.92 Å². The van der Waals surface area contributed by atoms with Crippen molar-refractivity contribution in [1.82, 2.24) is 0 Å². The summed E-state index contributed by atoms with van der Waals surface area (Å²) in [6.45, 7) is 3.87. The number of nitrogens with zero attached hydrogens (tertiary/aromatic N) is 1. The maximum absolute atomic E-state index is 10.1. The lowest BCUT2D eigenvalue weighted by atomic mass is 10.0. The van der Waals surface area contributed by atoms with Gasteiger partial charge in [-0.05, 0) is 30.5 Å². The molecule has 0 heterocycles. The Morgan fingerprint density at radius 1 is 1.31 bits per heavy atom. The molecular weight excluding hydrogens is 166 g/mol. The predicted octanol–water partition coefficient (Wildman–Crippen LogP) is 2.55. The Balaban J connectivity index is 3.06. The van der Waals surface area contributed by atoms with E-state index in [4.69, 9.17) is 0 Å². The van der Waals surface area contributed by atoms with Gasteiger partial charge in [0, 0.05) is 6.08 Å². The van der Waals surface area contributed by atoms with Gasteiger partial charge in [0.15, 0.2) is 0 Å². The monoisotopic (exact) mass is 177 g/mol. The van der Waals surface area contributed by atoms with Crippen LogP contribution in [0.2, 0.25) is 0 Å². The fourth-order valence-corrected chi connectivity index (χ4v) is 1.23. The lowest BCUT2D eigenvalue weighted by Gasteiger charge is -2.02. The first kappa shape index (κ1) is 9.45. The molecule has 0 saturated carbocycles. The topological polar surface area (TPSA) is 43.1 Å². The summed E-state index contributed by atoms with van der Waals surface area (Å²) in [5, 5.41) is 10.1. The van der Waals surface area contributed by atoms with Crippen LogP contribution in [0.3, 0.4) is 0 Å². The number of nitro groups is 1. The van der Waals surface area contributed by atoms with E-state index in [0.717, 1.165) is 22.9 Å². The van der Waals surface area contributed by atoms with Gasteiger partial charge in [0.2, 0.25) is 6.20 Å². The van der Waals surface area contributed by atoms with E-state index in [9.17, 15) is 10.1 Å². The SMILES string of the molecule is Cc1cccc(C)c1/C=C/[N+](=O)[O-]. The fraction of sp³-hybridized carbons (Fsp3) is 0.200. The highest BCUT2D eigenvalue weighted by atomic mass is 16.6. The average molecular weight is 177 g/mol. The van der Waals surface area contributed by atoms with E-state index in [1.54, 1.807) is 0 Å². The van der Waals surface area contributed by atoms with Crippen LogP contribution in [0.4, 0.5) is 0 Å². The Morgan fingerprint density at radius 3 is 2.31 bits per heavy atom. The molecule has 0 aliphatic heterocycles. The van der Waals surface area contributed by atoms with E-state index < -0.39 is 4.92 Å². The Morgan fingerprint density at radius 2 is 1.85 bits per heavy atom. The zero-order valence-electron chi connectivity index (χ0n) is 7.65. The van der Waals surface area contributed by atoms with Crippen molar-refractivity contribution in [3.05, 3.63) is 51.2 Å². The summed E-state index contributed by atoms with van der Waals surface area (Å²) in [5.41, 5.74) is 3.04. The molecule has 0 unspecified atom stereocenters. The Bertz CT molecular complexity index is 336. The molecule has 0 amide bonds. The molecular formula is C10H11NO2. The largest absolute Gasteiger partial charge is 0.259 e. The molecule has 0 radical (unpaired) electrons. The van der Waals surface area contributed by atoms with E-state index in [0.29, 0.717) is 0 Å². The van der Waals surface area contributed by atoms with Crippen molar-refractivity contribution in [2.24, 2.45) is 0 Å². The van der Waals surface area contributed by atoms with Crippen LogP contribution < -0.4 is 0 Å². The highest BCUT2D eigenvalue weighted by Crippen LogP contribution is 2.14. The molecule has 0 spiro atoms. The van der Waals surface area contributed by atoms with Crippen molar-refractivity contribution >= 4 is 6.08 Å². The quantitative estimate of drug-likeness (QED) is 0.514. The van der Waals surface area contributed by atoms with E-state index in [1.807, 2.05) is 32.0 Å². The molecule has 1 aromatic carbocycles. The van der Waals surface area contributed by atoms with Crippen molar-refractivity contribution in [2.45, 2.75) is 13.8 Å². The third-order valence-corrected chi connectivity index (χ3v) is 1.91. The predicted molar refractivity (Wildman–Crippen MR) is 51.9 cm³/mol. The van der Waals surface area contributed by atoms with Crippen molar-refractivity contribution in [3.8, 4) is 0 Å². The highest BCUT2D eigenvalue weighted by Gasteiger charge is 1.98. The maximum atomic E-state index is 10.1. The number of benzene rings is 1. The van der Waals surface area contributed by atoms with Gasteiger partial charge in [-0.2, -0.15) is 0 Å². The average Bonchev–Trinajstić information content (AvgIpc) is 2.03. The van der Waals surface area contributed by atoms with Crippen molar-refractivity contribution < 1.29 is 4.92 Å². The van der Waals surface area contributed by atoms with E-state index in [1.165, 1.54) is 6.08 Å². The number of hydrogen-bond acceptors (Lipinski definition) is 2. The van der Waals surface area contributed by atoms with Gasteiger partial charge in [-0.15, -0.1) is 0 Å². The summed E-state index contributed by atoms with van der Waals surface area (Å²) < 4.78 is 0. The molecule has 0 aromatic heterocycles. The third-order valence-electron chi connectivity index (χ3n) is 1.91. The molecule has 1 rings (SSSR count). The molecule has 13 heavy (non-hydrogen) atoms. The zero-order valence-corrected chi connectivity index (χ0v) is 7.65. The summed E-state index contributed by atoms with van der Waals surface area (Å²) in [6, 6.07) is 5.81. The lowest BCUT2D eigenvalue weighted by molar-refractivity contribution is -0.400. The van der Waals surface area contributed by atoms with Crippen LogP contribution >= 0.6 is 0 Å². The van der Waals surface area contributed by atoms with Crippen LogP contribution in [0, 0.1) is 24.0 Å². The second-order valence-electron chi connectivity index (χ2n) is 2.91. The summed E-state index contributed by atoms with van der Waals surface area (Å²) in [5.74, 6) is 0. The molecule has 0 bridgehead atoms. The molecule has 0 aliphatic carbocycles. The first-order valence-corrected chi connectivity index (χ1v) is 3.99. The van der Waals surface area contributed by atoms with Crippen LogP contribution in [0.25, 0.3) is 6.08 Å². The number of rotatable bonds is 2.